The maximum atomic E-state index is 6.10. The molecule has 0 radical (unpaired) electrons. The van der Waals surface area contributed by atoms with E-state index in [1.807, 2.05) is 6.20 Å². The summed E-state index contributed by atoms with van der Waals surface area (Å²) in [6, 6.07) is 0. The van der Waals surface area contributed by atoms with Crippen LogP contribution < -0.4 is 4.90 Å². The number of nitrogens with zero attached hydrogens (tertiary/aromatic N) is 3. The van der Waals surface area contributed by atoms with Gasteiger partial charge in [-0.3, -0.25) is 0 Å². The molecule has 1 aromatic rings. The highest BCUT2D eigenvalue weighted by Crippen LogP contribution is 2.24. The average molecular weight is 298 g/mol. The van der Waals surface area contributed by atoms with Gasteiger partial charge < -0.3 is 4.90 Å². The summed E-state index contributed by atoms with van der Waals surface area (Å²) in [5.41, 5.74) is 2.05. The molecule has 0 aromatic carbocycles. The molecular weight excluding hydrogens is 270 g/mol. The van der Waals surface area contributed by atoms with Crippen LogP contribution in [0.1, 0.15) is 64.9 Å². The summed E-state index contributed by atoms with van der Waals surface area (Å²) >= 11 is 6.10. The van der Waals surface area contributed by atoms with Crippen molar-refractivity contribution in [2.45, 2.75) is 59.3 Å². The molecule has 1 rings (SSSR count). The van der Waals surface area contributed by atoms with E-state index in [-0.39, 0.29) is 0 Å². The van der Waals surface area contributed by atoms with Crippen LogP contribution in [0.3, 0.4) is 0 Å². The molecule has 0 amide bonds. The Morgan fingerprint density at radius 3 is 2.30 bits per heavy atom. The molecule has 1 aromatic heterocycles. The van der Waals surface area contributed by atoms with Crippen molar-refractivity contribution in [3.05, 3.63) is 17.7 Å². The molecule has 0 aliphatic heterocycles. The first-order valence-electron chi connectivity index (χ1n) is 7.73. The third-order valence-corrected chi connectivity index (χ3v) is 4.12. The first-order valence-corrected chi connectivity index (χ1v) is 8.27. The van der Waals surface area contributed by atoms with Crippen LogP contribution in [0.25, 0.3) is 0 Å². The van der Waals surface area contributed by atoms with Gasteiger partial charge in [-0.05, 0) is 12.8 Å². The minimum Gasteiger partial charge on any atom is -0.369 e. The number of halogens is 1. The smallest absolute Gasteiger partial charge is 0.131 e. The second-order valence-electron chi connectivity index (χ2n) is 5.57. The van der Waals surface area contributed by atoms with Gasteiger partial charge in [-0.2, -0.15) is 0 Å². The average Bonchev–Trinajstić information content (AvgIpc) is 2.48. The molecule has 20 heavy (non-hydrogen) atoms. The number of aromatic nitrogens is 2. The first kappa shape index (κ1) is 17.2. The minimum absolute atomic E-state index is 0.333. The van der Waals surface area contributed by atoms with Crippen molar-refractivity contribution >= 4 is 17.3 Å². The SMILES string of the molecule is CCC(CC)CN(CC)c1cnc(C(C)C)nc1CCl. The highest BCUT2D eigenvalue weighted by molar-refractivity contribution is 6.17. The lowest BCUT2D eigenvalue weighted by Gasteiger charge is -2.28. The maximum absolute atomic E-state index is 6.10. The van der Waals surface area contributed by atoms with Crippen LogP contribution in [-0.4, -0.2) is 23.1 Å². The third-order valence-electron chi connectivity index (χ3n) is 3.86. The lowest BCUT2D eigenvalue weighted by atomic mass is 10.0. The van der Waals surface area contributed by atoms with Gasteiger partial charge in [0, 0.05) is 19.0 Å². The molecule has 0 atom stereocenters. The Morgan fingerprint density at radius 1 is 1.20 bits per heavy atom. The molecular formula is C16H28ClN3. The molecule has 0 bridgehead atoms. The summed E-state index contributed by atoms with van der Waals surface area (Å²) < 4.78 is 0. The van der Waals surface area contributed by atoms with Gasteiger partial charge in [0.2, 0.25) is 0 Å². The topological polar surface area (TPSA) is 29.0 Å². The fourth-order valence-electron chi connectivity index (χ4n) is 2.32. The van der Waals surface area contributed by atoms with Gasteiger partial charge in [0.05, 0.1) is 23.5 Å². The van der Waals surface area contributed by atoms with Crippen molar-refractivity contribution in [2.75, 3.05) is 18.0 Å². The van der Waals surface area contributed by atoms with Crippen LogP contribution in [0.5, 0.6) is 0 Å². The number of hydrogen-bond donors (Lipinski definition) is 0. The predicted octanol–water partition coefficient (Wildman–Crippen LogP) is 4.60. The van der Waals surface area contributed by atoms with E-state index >= 15 is 0 Å². The van der Waals surface area contributed by atoms with Crippen LogP contribution in [0.4, 0.5) is 5.69 Å². The van der Waals surface area contributed by atoms with E-state index in [0.717, 1.165) is 30.3 Å². The normalized spacial score (nSPS) is 11.4. The molecule has 0 aliphatic rings. The van der Waals surface area contributed by atoms with E-state index in [2.05, 4.69) is 49.5 Å². The van der Waals surface area contributed by atoms with Crippen LogP contribution >= 0.6 is 11.6 Å². The Hall–Kier alpha value is -0.830. The van der Waals surface area contributed by atoms with Gasteiger partial charge in [-0.1, -0.05) is 40.5 Å². The van der Waals surface area contributed by atoms with E-state index in [0.29, 0.717) is 17.7 Å². The molecule has 0 spiro atoms. The van der Waals surface area contributed by atoms with Crippen LogP contribution in [0.2, 0.25) is 0 Å². The van der Waals surface area contributed by atoms with Crippen molar-refractivity contribution in [3.8, 4) is 0 Å². The van der Waals surface area contributed by atoms with Crippen molar-refractivity contribution in [1.29, 1.82) is 0 Å². The summed E-state index contributed by atoms with van der Waals surface area (Å²) in [7, 11) is 0. The maximum Gasteiger partial charge on any atom is 0.131 e. The largest absolute Gasteiger partial charge is 0.369 e. The summed E-state index contributed by atoms with van der Waals surface area (Å²) in [6.07, 6.45) is 4.36. The molecule has 0 N–H and O–H groups in total. The molecule has 4 heteroatoms. The fourth-order valence-corrected chi connectivity index (χ4v) is 2.52. The first-order chi connectivity index (χ1) is 9.57. The Bertz CT molecular complexity index is 403. The van der Waals surface area contributed by atoms with Crippen LogP contribution in [0, 0.1) is 5.92 Å². The van der Waals surface area contributed by atoms with Gasteiger partial charge in [0.1, 0.15) is 5.82 Å². The van der Waals surface area contributed by atoms with Gasteiger partial charge in [-0.25, -0.2) is 9.97 Å². The van der Waals surface area contributed by atoms with Crippen molar-refractivity contribution in [2.24, 2.45) is 5.92 Å². The summed E-state index contributed by atoms with van der Waals surface area (Å²) in [6.45, 7) is 12.9. The molecule has 0 fully saturated rings. The Kier molecular flexibility index (Phi) is 7.28. The number of rotatable bonds is 8. The monoisotopic (exact) mass is 297 g/mol. The second-order valence-corrected chi connectivity index (χ2v) is 5.84. The van der Waals surface area contributed by atoms with Gasteiger partial charge >= 0.3 is 0 Å². The Balaban J connectivity index is 3.02. The predicted molar refractivity (Wildman–Crippen MR) is 87.6 cm³/mol. The molecule has 114 valence electrons. The molecule has 0 saturated heterocycles. The quantitative estimate of drug-likeness (QED) is 0.657. The standard InChI is InChI=1S/C16H28ClN3/c1-6-13(7-2)11-20(8-3)15-10-18-16(12(4)5)19-14(15)9-17/h10,12-13H,6-9,11H2,1-5H3. The number of anilines is 1. The second kappa shape index (κ2) is 8.46. The van der Waals surface area contributed by atoms with Crippen LogP contribution in [0.15, 0.2) is 6.20 Å². The molecule has 3 nitrogen and oxygen atoms in total. The highest BCUT2D eigenvalue weighted by Gasteiger charge is 2.16. The van der Waals surface area contributed by atoms with Crippen LogP contribution in [-0.2, 0) is 5.88 Å². The zero-order valence-electron chi connectivity index (χ0n) is 13.5. The summed E-state index contributed by atoms with van der Waals surface area (Å²) in [5.74, 6) is 2.36. The fraction of sp³-hybridized carbons (Fsp3) is 0.750. The molecule has 0 saturated carbocycles. The van der Waals surface area contributed by atoms with Crippen molar-refractivity contribution < 1.29 is 0 Å². The van der Waals surface area contributed by atoms with E-state index < -0.39 is 0 Å². The highest BCUT2D eigenvalue weighted by atomic mass is 35.5. The number of hydrogen-bond acceptors (Lipinski definition) is 3. The Morgan fingerprint density at radius 2 is 1.85 bits per heavy atom. The van der Waals surface area contributed by atoms with E-state index in [1.165, 1.54) is 12.8 Å². The molecule has 0 aliphatic carbocycles. The van der Waals surface area contributed by atoms with Gasteiger partial charge in [0.25, 0.3) is 0 Å². The zero-order chi connectivity index (χ0) is 15.1. The molecule has 0 unspecified atom stereocenters. The zero-order valence-corrected chi connectivity index (χ0v) is 14.2. The van der Waals surface area contributed by atoms with Gasteiger partial charge in [-0.15, -0.1) is 11.6 Å². The van der Waals surface area contributed by atoms with Crippen molar-refractivity contribution in [3.63, 3.8) is 0 Å². The van der Waals surface area contributed by atoms with Gasteiger partial charge in [0.15, 0.2) is 0 Å². The van der Waals surface area contributed by atoms with E-state index in [1.54, 1.807) is 0 Å². The minimum atomic E-state index is 0.333. The lowest BCUT2D eigenvalue weighted by Crippen LogP contribution is -2.30. The lowest BCUT2D eigenvalue weighted by molar-refractivity contribution is 0.485. The third kappa shape index (κ3) is 4.34. The Labute approximate surface area is 128 Å². The molecule has 1 heterocycles. The van der Waals surface area contributed by atoms with E-state index in [4.69, 9.17) is 11.6 Å². The number of alkyl halides is 1. The van der Waals surface area contributed by atoms with Crippen molar-refractivity contribution in [1.82, 2.24) is 9.97 Å². The summed E-state index contributed by atoms with van der Waals surface area (Å²) in [5, 5.41) is 0. The van der Waals surface area contributed by atoms with E-state index in [9.17, 15) is 0 Å². The summed E-state index contributed by atoms with van der Waals surface area (Å²) in [4.78, 5) is 11.5.